The van der Waals surface area contributed by atoms with Gasteiger partial charge in [-0.15, -0.1) is 11.3 Å². The summed E-state index contributed by atoms with van der Waals surface area (Å²) in [6.07, 6.45) is 2.82. The van der Waals surface area contributed by atoms with Gasteiger partial charge in [0, 0.05) is 25.0 Å². The van der Waals surface area contributed by atoms with Crippen molar-refractivity contribution in [3.63, 3.8) is 0 Å². The van der Waals surface area contributed by atoms with Crippen LogP contribution in [0.2, 0.25) is 0 Å². The number of carbonyl (C=O) groups excluding carboxylic acids is 2. The van der Waals surface area contributed by atoms with Gasteiger partial charge in [-0.3, -0.25) is 9.59 Å². The van der Waals surface area contributed by atoms with Crippen molar-refractivity contribution in [2.24, 2.45) is 0 Å². The Bertz CT molecular complexity index is 926. The van der Waals surface area contributed by atoms with Crippen LogP contribution in [0, 0.1) is 0 Å². The van der Waals surface area contributed by atoms with Crippen LogP contribution in [-0.2, 0) is 4.79 Å². The number of nitrogens with one attached hydrogen (secondary N) is 1. The topological polar surface area (TPSA) is 49.4 Å². The fraction of sp³-hybridized carbons (Fsp3) is 0.308. The second-order valence-corrected chi connectivity index (χ2v) is 9.01. The van der Waals surface area contributed by atoms with E-state index in [4.69, 9.17) is 0 Å². The first kappa shape index (κ1) is 21.5. The largest absolute Gasteiger partial charge is 0.346 e. The number of piperidine rings is 1. The van der Waals surface area contributed by atoms with Gasteiger partial charge >= 0.3 is 0 Å². The molecule has 4 rings (SSSR count). The van der Waals surface area contributed by atoms with Crippen LogP contribution in [0.4, 0.5) is 0 Å². The summed E-state index contributed by atoms with van der Waals surface area (Å²) in [5, 5.41) is 4.75. The quantitative estimate of drug-likeness (QED) is 0.413. The van der Waals surface area contributed by atoms with E-state index in [1.54, 1.807) is 12.1 Å². The lowest BCUT2D eigenvalue weighted by molar-refractivity contribution is -0.117. The van der Waals surface area contributed by atoms with E-state index in [1.807, 2.05) is 5.38 Å². The predicted molar refractivity (Wildman–Crippen MR) is 126 cm³/mol. The molecule has 5 heteroatoms. The molecule has 31 heavy (non-hydrogen) atoms. The van der Waals surface area contributed by atoms with Crippen LogP contribution in [0.5, 0.6) is 0 Å². The summed E-state index contributed by atoms with van der Waals surface area (Å²) in [4.78, 5) is 27.4. The third-order valence-corrected chi connectivity index (χ3v) is 6.88. The van der Waals surface area contributed by atoms with Crippen LogP contribution >= 0.6 is 11.3 Å². The molecule has 0 radical (unpaired) electrons. The van der Waals surface area contributed by atoms with Gasteiger partial charge in [0.2, 0.25) is 0 Å². The Hall–Kier alpha value is -2.76. The van der Waals surface area contributed by atoms with E-state index in [-0.39, 0.29) is 6.04 Å². The maximum atomic E-state index is 12.3. The standard InChI is InChI=1S/C26H28N2O2S/c29-25(24-12-7-19-31-24)26(30)27-22-13-16-28(17-14-22)18-15-23(20-8-3-1-4-9-20)21-10-5-2-6-11-21/h1-12,19,22-23H,13-18H2,(H,27,30). The summed E-state index contributed by atoms with van der Waals surface area (Å²) >= 11 is 1.31. The molecule has 1 amide bonds. The average Bonchev–Trinajstić information content (AvgIpc) is 3.36. The molecule has 0 spiro atoms. The Kier molecular flexibility index (Phi) is 7.28. The Morgan fingerprint density at radius 3 is 2.06 bits per heavy atom. The highest BCUT2D eigenvalue weighted by Crippen LogP contribution is 2.28. The molecule has 0 bridgehead atoms. The second-order valence-electron chi connectivity index (χ2n) is 8.06. The van der Waals surface area contributed by atoms with Gasteiger partial charge in [0.1, 0.15) is 0 Å². The van der Waals surface area contributed by atoms with Crippen LogP contribution in [0.15, 0.2) is 78.2 Å². The van der Waals surface area contributed by atoms with E-state index in [9.17, 15) is 9.59 Å². The molecular weight excluding hydrogens is 404 g/mol. The summed E-state index contributed by atoms with van der Waals surface area (Å²) in [7, 11) is 0. The van der Waals surface area contributed by atoms with Gasteiger partial charge in [0.05, 0.1) is 4.88 Å². The molecule has 2 aromatic carbocycles. The average molecular weight is 433 g/mol. The minimum atomic E-state index is -0.478. The lowest BCUT2D eigenvalue weighted by Crippen LogP contribution is -2.46. The van der Waals surface area contributed by atoms with Gasteiger partial charge < -0.3 is 10.2 Å². The van der Waals surface area contributed by atoms with Crippen molar-refractivity contribution in [3.05, 3.63) is 94.2 Å². The highest BCUT2D eigenvalue weighted by molar-refractivity contribution is 7.13. The monoisotopic (exact) mass is 432 g/mol. The number of hydrogen-bond acceptors (Lipinski definition) is 4. The zero-order valence-corrected chi connectivity index (χ0v) is 18.4. The van der Waals surface area contributed by atoms with E-state index < -0.39 is 11.7 Å². The molecule has 0 unspecified atom stereocenters. The fourth-order valence-corrected chi connectivity index (χ4v) is 4.94. The van der Waals surface area contributed by atoms with Crippen molar-refractivity contribution in [1.82, 2.24) is 10.2 Å². The van der Waals surface area contributed by atoms with Gasteiger partial charge in [0.25, 0.3) is 11.7 Å². The number of hydrogen-bond donors (Lipinski definition) is 1. The van der Waals surface area contributed by atoms with Crippen LogP contribution in [0.3, 0.4) is 0 Å². The number of ketones is 1. The van der Waals surface area contributed by atoms with Crippen LogP contribution < -0.4 is 5.32 Å². The van der Waals surface area contributed by atoms with E-state index in [2.05, 4.69) is 70.9 Å². The van der Waals surface area contributed by atoms with E-state index in [0.717, 1.165) is 38.9 Å². The fourth-order valence-electron chi connectivity index (χ4n) is 4.28. The lowest BCUT2D eigenvalue weighted by Gasteiger charge is -2.33. The van der Waals surface area contributed by atoms with Gasteiger partial charge in [0.15, 0.2) is 0 Å². The molecule has 1 N–H and O–H groups in total. The van der Waals surface area contributed by atoms with E-state index in [0.29, 0.717) is 10.8 Å². The minimum Gasteiger partial charge on any atom is -0.346 e. The Balaban J connectivity index is 1.29. The molecular formula is C26H28N2O2S. The zero-order valence-electron chi connectivity index (χ0n) is 17.6. The van der Waals surface area contributed by atoms with Gasteiger partial charge in [-0.05, 0) is 48.4 Å². The Morgan fingerprint density at radius 1 is 0.903 bits per heavy atom. The third-order valence-electron chi connectivity index (χ3n) is 6.01. The molecule has 3 aromatic rings. The molecule has 160 valence electrons. The maximum Gasteiger partial charge on any atom is 0.293 e. The number of amides is 1. The second kappa shape index (κ2) is 10.5. The van der Waals surface area contributed by atoms with Crippen molar-refractivity contribution < 1.29 is 9.59 Å². The van der Waals surface area contributed by atoms with Gasteiger partial charge in [-0.1, -0.05) is 66.7 Å². The molecule has 1 saturated heterocycles. The third kappa shape index (κ3) is 5.69. The summed E-state index contributed by atoms with van der Waals surface area (Å²) in [6, 6.07) is 25.0. The molecule has 1 aromatic heterocycles. The molecule has 4 nitrogen and oxygen atoms in total. The summed E-state index contributed by atoms with van der Waals surface area (Å²) < 4.78 is 0. The molecule has 1 fully saturated rings. The van der Waals surface area contributed by atoms with Crippen molar-refractivity contribution in [2.75, 3.05) is 19.6 Å². The van der Waals surface area contributed by atoms with Crippen LogP contribution in [0.25, 0.3) is 0 Å². The first-order chi connectivity index (χ1) is 15.2. The van der Waals surface area contributed by atoms with Crippen molar-refractivity contribution in [3.8, 4) is 0 Å². The highest BCUT2D eigenvalue weighted by atomic mass is 32.1. The Labute approximate surface area is 187 Å². The molecule has 0 aliphatic carbocycles. The van der Waals surface area contributed by atoms with Crippen LogP contribution in [-0.4, -0.2) is 42.3 Å². The first-order valence-electron chi connectivity index (χ1n) is 10.9. The number of carbonyl (C=O) groups is 2. The summed E-state index contributed by atoms with van der Waals surface area (Å²) in [5.41, 5.74) is 2.70. The zero-order chi connectivity index (χ0) is 21.5. The molecule has 2 heterocycles. The number of rotatable bonds is 8. The summed E-state index contributed by atoms with van der Waals surface area (Å²) in [6.45, 7) is 2.89. The van der Waals surface area contributed by atoms with Gasteiger partial charge in [-0.2, -0.15) is 0 Å². The van der Waals surface area contributed by atoms with E-state index in [1.165, 1.54) is 22.5 Å². The lowest BCUT2D eigenvalue weighted by atomic mass is 9.88. The maximum absolute atomic E-state index is 12.3. The van der Waals surface area contributed by atoms with Crippen molar-refractivity contribution in [2.45, 2.75) is 31.2 Å². The van der Waals surface area contributed by atoms with Crippen LogP contribution in [0.1, 0.15) is 46.0 Å². The SMILES string of the molecule is O=C(NC1CCN(CCC(c2ccccc2)c2ccccc2)CC1)C(=O)c1cccs1. The summed E-state index contributed by atoms with van der Waals surface area (Å²) in [5.74, 6) is -0.525. The minimum absolute atomic E-state index is 0.0757. The smallest absolute Gasteiger partial charge is 0.293 e. The van der Waals surface area contributed by atoms with Gasteiger partial charge in [-0.25, -0.2) is 0 Å². The van der Waals surface area contributed by atoms with Crippen molar-refractivity contribution >= 4 is 23.0 Å². The Morgan fingerprint density at radius 2 is 1.52 bits per heavy atom. The molecule has 1 aliphatic rings. The molecule has 1 aliphatic heterocycles. The predicted octanol–water partition coefficient (Wildman–Crippen LogP) is 4.73. The first-order valence-corrected chi connectivity index (χ1v) is 11.8. The highest BCUT2D eigenvalue weighted by Gasteiger charge is 2.25. The normalized spacial score (nSPS) is 15.1. The number of nitrogens with zero attached hydrogens (tertiary/aromatic N) is 1. The molecule has 0 atom stereocenters. The number of Topliss-reactive ketones (excluding diaryl/α,β-unsaturated/α-hetero) is 1. The number of likely N-dealkylation sites (tertiary alicyclic amines) is 1. The molecule has 0 saturated carbocycles. The van der Waals surface area contributed by atoms with Crippen molar-refractivity contribution in [1.29, 1.82) is 0 Å². The number of thiophene rings is 1. The van der Waals surface area contributed by atoms with E-state index >= 15 is 0 Å². The number of benzene rings is 2.